The Morgan fingerprint density at radius 1 is 1.16 bits per heavy atom. The molecule has 1 N–H and O–H groups in total. The molecule has 1 aliphatic heterocycles. The highest BCUT2D eigenvalue weighted by molar-refractivity contribution is 5.52. The Morgan fingerprint density at radius 2 is 1.76 bits per heavy atom. The number of hydrogen-bond acceptors (Lipinski definition) is 7. The molecular weight excluding hydrogens is 473 g/mol. The maximum atomic E-state index is 11.8. The number of fused-ring (bicyclic) bond motifs is 1. The van der Waals surface area contributed by atoms with Crippen molar-refractivity contribution in [2.75, 3.05) is 31.7 Å². The van der Waals surface area contributed by atoms with Crippen LogP contribution in [0.4, 0.5) is 10.2 Å². The van der Waals surface area contributed by atoms with E-state index in [1.807, 2.05) is 50.7 Å². The van der Waals surface area contributed by atoms with Crippen molar-refractivity contribution in [3.05, 3.63) is 54.4 Å². The van der Waals surface area contributed by atoms with Crippen molar-refractivity contribution in [3.63, 3.8) is 0 Å². The Balaban J connectivity index is 0. The number of halogens is 1. The summed E-state index contributed by atoms with van der Waals surface area (Å²) in [6, 6.07) is 4.95. The van der Waals surface area contributed by atoms with Crippen LogP contribution in [0.3, 0.4) is 0 Å². The summed E-state index contributed by atoms with van der Waals surface area (Å²) in [5.74, 6) is 0.797. The Labute approximate surface area is 222 Å². The molecule has 3 aromatic heterocycles. The first kappa shape index (κ1) is 36.2. The summed E-state index contributed by atoms with van der Waals surface area (Å²) in [4.78, 5) is 19.3. The molecule has 0 aliphatic carbocycles. The number of carbonyl (C=O) groups excluding carboxylic acids is 1. The topological polar surface area (TPSA) is 92.8 Å². The molecule has 0 saturated carbocycles. The zero-order valence-electron chi connectivity index (χ0n) is 24.0. The summed E-state index contributed by atoms with van der Waals surface area (Å²) in [6.07, 6.45) is 11.6. The van der Waals surface area contributed by atoms with E-state index in [4.69, 9.17) is 9.90 Å². The molecule has 0 amide bonds. The Bertz CT molecular complexity index is 903. The monoisotopic (exact) mass is 521 g/mol. The predicted molar refractivity (Wildman–Crippen MR) is 151 cm³/mol. The number of pyridine rings is 1. The molecule has 210 valence electrons. The van der Waals surface area contributed by atoms with Crippen LogP contribution < -0.4 is 4.90 Å². The maximum Gasteiger partial charge on any atom is 0.160 e. The number of ether oxygens (including phenoxy) is 1. The first-order valence-corrected chi connectivity index (χ1v) is 13.1. The lowest BCUT2D eigenvalue weighted by atomic mass is 10.3. The van der Waals surface area contributed by atoms with Gasteiger partial charge >= 0.3 is 0 Å². The smallest absolute Gasteiger partial charge is 0.160 e. The van der Waals surface area contributed by atoms with Crippen LogP contribution in [0.15, 0.2) is 43.0 Å². The third kappa shape index (κ3) is 17.2. The summed E-state index contributed by atoms with van der Waals surface area (Å²) < 4.78 is 18.3. The van der Waals surface area contributed by atoms with Crippen molar-refractivity contribution in [1.82, 2.24) is 19.6 Å². The minimum Gasteiger partial charge on any atom is -0.391 e. The van der Waals surface area contributed by atoms with Gasteiger partial charge in [0.05, 0.1) is 25.1 Å². The number of aryl methyl sites for hydroxylation is 1. The molecule has 4 rings (SSSR count). The van der Waals surface area contributed by atoms with E-state index in [-0.39, 0.29) is 11.9 Å². The molecule has 8 nitrogen and oxygen atoms in total. The van der Waals surface area contributed by atoms with E-state index in [0.717, 1.165) is 42.8 Å². The number of carbonyl (C=O) groups is 1. The molecule has 4 heterocycles. The predicted octanol–water partition coefficient (Wildman–Crippen LogP) is 5.91. The van der Waals surface area contributed by atoms with E-state index >= 15 is 0 Å². The molecule has 1 saturated heterocycles. The summed E-state index contributed by atoms with van der Waals surface area (Å²) >= 11 is 0. The van der Waals surface area contributed by atoms with Gasteiger partial charge in [0.1, 0.15) is 17.9 Å². The number of aldehydes is 1. The third-order valence-electron chi connectivity index (χ3n) is 4.42. The van der Waals surface area contributed by atoms with Gasteiger partial charge in [0.15, 0.2) is 5.65 Å². The fourth-order valence-corrected chi connectivity index (χ4v) is 2.75. The van der Waals surface area contributed by atoms with Gasteiger partial charge in [-0.1, -0.05) is 41.0 Å². The molecular formula is C28H48FN5O3. The lowest BCUT2D eigenvalue weighted by Gasteiger charge is -2.15. The number of aromatic nitrogens is 4. The van der Waals surface area contributed by atoms with E-state index in [1.54, 1.807) is 13.2 Å². The summed E-state index contributed by atoms with van der Waals surface area (Å²) in [5.41, 5.74) is 2.11. The van der Waals surface area contributed by atoms with Crippen LogP contribution >= 0.6 is 0 Å². The second kappa shape index (κ2) is 24.8. The minimum absolute atomic E-state index is 0.273. The zero-order chi connectivity index (χ0) is 28.5. The van der Waals surface area contributed by atoms with Crippen molar-refractivity contribution in [2.45, 2.75) is 80.3 Å². The first-order valence-electron chi connectivity index (χ1n) is 13.1. The Hall–Kier alpha value is -2.91. The van der Waals surface area contributed by atoms with Gasteiger partial charge in [-0.2, -0.15) is 5.10 Å². The standard InChI is InChI=1S/C11H14N4.C5H4FN.C5H12O2.C3H8.C2H4O.C2H6/c1-9-8-12-15-7-4-10(13-11(9)15)14-5-2-3-6-14;6-5-2-1-3-7-4-5;1-3-5(6)4-7-2;1-3-2;1-2-3;1-2/h4,7-8H,2-3,5-6H2,1H3;1-4H;5-6H,3-4H2,1-2H3;3H2,1-2H3;2H,1H3;1-2H3. The molecule has 1 fully saturated rings. The normalized spacial score (nSPS) is 12.0. The number of aliphatic hydroxyl groups excluding tert-OH is 1. The molecule has 1 aliphatic rings. The highest BCUT2D eigenvalue weighted by atomic mass is 19.1. The van der Waals surface area contributed by atoms with Crippen molar-refractivity contribution in [1.29, 1.82) is 0 Å². The van der Waals surface area contributed by atoms with Crippen LogP contribution in [0.1, 0.15) is 72.8 Å². The molecule has 0 radical (unpaired) electrons. The molecule has 0 aromatic carbocycles. The highest BCUT2D eigenvalue weighted by Crippen LogP contribution is 2.19. The summed E-state index contributed by atoms with van der Waals surface area (Å²) in [6.45, 7) is 16.4. The number of methoxy groups -OCH3 is 1. The third-order valence-corrected chi connectivity index (χ3v) is 4.42. The lowest BCUT2D eigenvalue weighted by molar-refractivity contribution is -0.106. The Morgan fingerprint density at radius 3 is 2.16 bits per heavy atom. The van der Waals surface area contributed by atoms with Crippen LogP contribution in [-0.4, -0.2) is 63.9 Å². The van der Waals surface area contributed by atoms with Crippen molar-refractivity contribution < 1.29 is 19.0 Å². The SMILES string of the molecule is CC.CC=O.CCC.CCC(O)COC.Cc1cnn2ccc(N3CCCC3)nc12.Fc1cccnc1. The van der Waals surface area contributed by atoms with E-state index in [9.17, 15) is 4.39 Å². The van der Waals surface area contributed by atoms with E-state index in [0.29, 0.717) is 6.61 Å². The number of nitrogens with zero attached hydrogens (tertiary/aromatic N) is 5. The zero-order valence-corrected chi connectivity index (χ0v) is 24.0. The molecule has 0 spiro atoms. The fourth-order valence-electron chi connectivity index (χ4n) is 2.75. The minimum atomic E-state index is -0.289. The van der Waals surface area contributed by atoms with Gasteiger partial charge in [-0.25, -0.2) is 13.9 Å². The fraction of sp³-hybridized carbons (Fsp3) is 0.571. The second-order valence-electron chi connectivity index (χ2n) is 7.71. The summed E-state index contributed by atoms with van der Waals surface area (Å²) in [7, 11) is 1.58. The van der Waals surface area contributed by atoms with Crippen molar-refractivity contribution in [2.24, 2.45) is 0 Å². The quantitative estimate of drug-likeness (QED) is 0.427. The maximum absolute atomic E-state index is 11.8. The van der Waals surface area contributed by atoms with Crippen LogP contribution in [0.5, 0.6) is 0 Å². The van der Waals surface area contributed by atoms with Gasteiger partial charge in [-0.05, 0) is 51.3 Å². The van der Waals surface area contributed by atoms with Crippen LogP contribution in [-0.2, 0) is 9.53 Å². The molecule has 9 heteroatoms. The average Bonchev–Trinajstić information content (AvgIpc) is 3.58. The largest absolute Gasteiger partial charge is 0.391 e. The van der Waals surface area contributed by atoms with Crippen LogP contribution in [0, 0.1) is 12.7 Å². The molecule has 3 aromatic rings. The second-order valence-corrected chi connectivity index (χ2v) is 7.71. The first-order chi connectivity index (χ1) is 17.9. The average molecular weight is 522 g/mol. The van der Waals surface area contributed by atoms with E-state index < -0.39 is 0 Å². The van der Waals surface area contributed by atoms with Gasteiger partial charge in [0.25, 0.3) is 0 Å². The summed E-state index contributed by atoms with van der Waals surface area (Å²) in [5, 5.41) is 13.0. The lowest BCUT2D eigenvalue weighted by Crippen LogP contribution is -2.19. The van der Waals surface area contributed by atoms with Gasteiger partial charge in [0.2, 0.25) is 0 Å². The van der Waals surface area contributed by atoms with E-state index in [1.165, 1.54) is 44.6 Å². The number of rotatable bonds is 4. The van der Waals surface area contributed by atoms with Gasteiger partial charge in [0, 0.05) is 38.2 Å². The van der Waals surface area contributed by atoms with Gasteiger partial charge in [-0.15, -0.1) is 0 Å². The molecule has 1 atom stereocenters. The molecule has 0 bridgehead atoms. The molecule has 1 unspecified atom stereocenters. The van der Waals surface area contributed by atoms with Crippen LogP contribution in [0.2, 0.25) is 0 Å². The van der Waals surface area contributed by atoms with Gasteiger partial charge < -0.3 is 19.5 Å². The van der Waals surface area contributed by atoms with Gasteiger partial charge in [-0.3, -0.25) is 4.98 Å². The number of anilines is 1. The van der Waals surface area contributed by atoms with Crippen molar-refractivity contribution >= 4 is 17.8 Å². The number of hydrogen-bond donors (Lipinski definition) is 1. The number of aliphatic hydroxyl groups is 1. The van der Waals surface area contributed by atoms with Crippen LogP contribution in [0.25, 0.3) is 5.65 Å². The Kier molecular flexibility index (Phi) is 24.3. The molecule has 37 heavy (non-hydrogen) atoms. The van der Waals surface area contributed by atoms with E-state index in [2.05, 4.69) is 38.6 Å². The van der Waals surface area contributed by atoms with Crippen molar-refractivity contribution in [3.8, 4) is 0 Å². The highest BCUT2D eigenvalue weighted by Gasteiger charge is 2.14.